The van der Waals surface area contributed by atoms with Crippen molar-refractivity contribution in [1.29, 1.82) is 0 Å². The van der Waals surface area contributed by atoms with E-state index in [1.165, 1.54) is 23.1 Å². The molecule has 1 aromatic carbocycles. The lowest BCUT2D eigenvalue weighted by molar-refractivity contribution is 0.0638. The van der Waals surface area contributed by atoms with Crippen LogP contribution >= 0.6 is 0 Å². The third-order valence-corrected chi connectivity index (χ3v) is 5.38. The summed E-state index contributed by atoms with van der Waals surface area (Å²) < 4.78 is 10.0. The van der Waals surface area contributed by atoms with Crippen LogP contribution in [-0.2, 0) is 9.47 Å². The van der Waals surface area contributed by atoms with Gasteiger partial charge in [-0.3, -0.25) is 19.3 Å². The van der Waals surface area contributed by atoms with E-state index in [1.54, 1.807) is 18.1 Å². The minimum Gasteiger partial charge on any atom is -0.445 e. The van der Waals surface area contributed by atoms with Gasteiger partial charge in [0, 0.05) is 45.0 Å². The summed E-state index contributed by atoms with van der Waals surface area (Å²) >= 11 is 0. The molecule has 0 saturated carbocycles. The van der Waals surface area contributed by atoms with E-state index < -0.39 is 5.91 Å². The highest BCUT2D eigenvalue weighted by Gasteiger charge is 2.35. The van der Waals surface area contributed by atoms with Crippen molar-refractivity contribution in [2.24, 2.45) is 0 Å². The lowest BCUT2D eigenvalue weighted by atomic mass is 10.0. The van der Waals surface area contributed by atoms with E-state index in [-0.39, 0.29) is 42.7 Å². The van der Waals surface area contributed by atoms with E-state index >= 15 is 0 Å². The van der Waals surface area contributed by atoms with Gasteiger partial charge in [0.1, 0.15) is 6.61 Å². The van der Waals surface area contributed by atoms with Gasteiger partial charge < -0.3 is 19.7 Å². The Hall–Kier alpha value is -3.20. The van der Waals surface area contributed by atoms with Gasteiger partial charge in [-0.2, -0.15) is 0 Å². The summed E-state index contributed by atoms with van der Waals surface area (Å²) in [5, 5.41) is 2.95. The molecule has 4 amide bonds. The van der Waals surface area contributed by atoms with E-state index in [2.05, 4.69) is 11.9 Å². The quantitative estimate of drug-likeness (QED) is 0.384. The first kappa shape index (κ1) is 22.5. The Morgan fingerprint density at radius 3 is 2.58 bits per heavy atom. The molecule has 2 aliphatic heterocycles. The van der Waals surface area contributed by atoms with Crippen molar-refractivity contribution in [2.75, 3.05) is 40.0 Å². The summed E-state index contributed by atoms with van der Waals surface area (Å²) in [6.45, 7) is 5.36. The first-order valence-corrected chi connectivity index (χ1v) is 10.3. The number of fused-ring (bicyclic) bond motifs is 1. The molecule has 9 heteroatoms. The van der Waals surface area contributed by atoms with Crippen LogP contribution in [0.5, 0.6) is 0 Å². The first-order chi connectivity index (χ1) is 15.0. The summed E-state index contributed by atoms with van der Waals surface area (Å²) in [7, 11) is 1.56. The number of methoxy groups -OCH3 is 1. The normalized spacial score (nSPS) is 16.3. The third-order valence-electron chi connectivity index (χ3n) is 5.38. The molecule has 1 saturated heterocycles. The van der Waals surface area contributed by atoms with Gasteiger partial charge >= 0.3 is 6.09 Å². The van der Waals surface area contributed by atoms with Crippen molar-refractivity contribution >= 4 is 23.8 Å². The second kappa shape index (κ2) is 10.2. The first-order valence-electron chi connectivity index (χ1n) is 10.3. The molecular weight excluding hydrogens is 402 g/mol. The van der Waals surface area contributed by atoms with Crippen LogP contribution in [0, 0.1) is 0 Å². The minimum absolute atomic E-state index is 0.0907. The van der Waals surface area contributed by atoms with Crippen LogP contribution in [0.1, 0.15) is 50.3 Å². The zero-order valence-electron chi connectivity index (χ0n) is 17.6. The molecule has 0 aromatic heterocycles. The summed E-state index contributed by atoms with van der Waals surface area (Å²) in [6, 6.07) is 4.47. The van der Waals surface area contributed by atoms with Crippen molar-refractivity contribution < 1.29 is 28.7 Å². The monoisotopic (exact) mass is 429 g/mol. The number of carbonyl (C=O) groups is 4. The summed E-state index contributed by atoms with van der Waals surface area (Å²) in [6.07, 6.45) is 2.88. The van der Waals surface area contributed by atoms with Gasteiger partial charge in [-0.15, -0.1) is 0 Å². The number of imide groups is 1. The molecule has 1 aromatic rings. The van der Waals surface area contributed by atoms with Gasteiger partial charge in [-0.05, 0) is 37.5 Å². The number of piperidine rings is 1. The second-order valence-electron chi connectivity index (χ2n) is 7.47. The molecule has 0 bridgehead atoms. The molecule has 0 unspecified atom stereocenters. The molecule has 1 fully saturated rings. The zero-order valence-corrected chi connectivity index (χ0v) is 17.6. The summed E-state index contributed by atoms with van der Waals surface area (Å²) in [5.74, 6) is -1.05. The van der Waals surface area contributed by atoms with E-state index in [0.717, 1.165) is 0 Å². The zero-order chi connectivity index (χ0) is 22.4. The van der Waals surface area contributed by atoms with Gasteiger partial charge in [0.15, 0.2) is 0 Å². The Kier molecular flexibility index (Phi) is 7.41. The number of ether oxygens (including phenoxy) is 2. The highest BCUT2D eigenvalue weighted by Crippen LogP contribution is 2.24. The van der Waals surface area contributed by atoms with Gasteiger partial charge in [-0.1, -0.05) is 12.7 Å². The van der Waals surface area contributed by atoms with Crippen LogP contribution in [-0.4, -0.2) is 79.6 Å². The molecule has 0 radical (unpaired) electrons. The molecule has 2 aliphatic rings. The van der Waals surface area contributed by atoms with Gasteiger partial charge in [0.05, 0.1) is 11.1 Å². The van der Waals surface area contributed by atoms with E-state index in [4.69, 9.17) is 9.47 Å². The lowest BCUT2D eigenvalue weighted by Gasteiger charge is -2.31. The SMILES string of the molecule is C=CCOC(=O)N1CCC(NC(=O)c2ccc3c(c2)C(=O)N(CCCOC)C3=O)CC1. The Labute approximate surface area is 181 Å². The number of hydrogen-bond donors (Lipinski definition) is 1. The fourth-order valence-corrected chi connectivity index (χ4v) is 3.70. The number of hydrogen-bond acceptors (Lipinski definition) is 6. The Morgan fingerprint density at radius 2 is 1.90 bits per heavy atom. The average molecular weight is 429 g/mol. The topological polar surface area (TPSA) is 105 Å². The molecule has 3 rings (SSSR count). The number of likely N-dealkylation sites (tertiary alicyclic amines) is 1. The van der Waals surface area contributed by atoms with Crippen molar-refractivity contribution in [2.45, 2.75) is 25.3 Å². The van der Waals surface area contributed by atoms with E-state index in [0.29, 0.717) is 50.1 Å². The minimum atomic E-state index is -0.392. The maximum absolute atomic E-state index is 12.7. The van der Waals surface area contributed by atoms with Crippen LogP contribution in [0.2, 0.25) is 0 Å². The summed E-state index contributed by atoms with van der Waals surface area (Å²) in [5.41, 5.74) is 0.881. The highest BCUT2D eigenvalue weighted by atomic mass is 16.6. The number of nitrogens with one attached hydrogen (secondary N) is 1. The molecule has 0 spiro atoms. The van der Waals surface area contributed by atoms with Crippen LogP contribution in [0.4, 0.5) is 4.79 Å². The lowest BCUT2D eigenvalue weighted by Crippen LogP contribution is -2.46. The van der Waals surface area contributed by atoms with Crippen LogP contribution in [0.3, 0.4) is 0 Å². The third kappa shape index (κ3) is 5.11. The van der Waals surface area contributed by atoms with Crippen LogP contribution in [0.15, 0.2) is 30.9 Å². The standard InChI is InChI=1S/C22H27N3O6/c1-3-12-31-22(29)24-10-7-16(8-11-24)23-19(26)15-5-6-17-18(14-15)21(28)25(20(17)27)9-4-13-30-2/h3,5-6,14,16H,1,4,7-13H2,2H3,(H,23,26). The predicted octanol–water partition coefficient (Wildman–Crippen LogP) is 1.84. The van der Waals surface area contributed by atoms with Gasteiger partial charge in [-0.25, -0.2) is 4.79 Å². The maximum Gasteiger partial charge on any atom is 0.410 e. The van der Waals surface area contributed by atoms with Crippen molar-refractivity contribution in [3.05, 3.63) is 47.5 Å². The fourth-order valence-electron chi connectivity index (χ4n) is 3.70. The number of rotatable bonds is 8. The van der Waals surface area contributed by atoms with Crippen molar-refractivity contribution in [1.82, 2.24) is 15.1 Å². The molecule has 1 N–H and O–H groups in total. The number of amides is 4. The van der Waals surface area contributed by atoms with Crippen LogP contribution < -0.4 is 5.32 Å². The van der Waals surface area contributed by atoms with Crippen molar-refractivity contribution in [3.63, 3.8) is 0 Å². The Bertz CT molecular complexity index is 876. The highest BCUT2D eigenvalue weighted by molar-refractivity contribution is 6.22. The molecule has 0 aliphatic carbocycles. The van der Waals surface area contributed by atoms with Gasteiger partial charge in [0.2, 0.25) is 0 Å². The average Bonchev–Trinajstić information content (AvgIpc) is 3.02. The predicted molar refractivity (Wildman–Crippen MR) is 112 cm³/mol. The second-order valence-corrected chi connectivity index (χ2v) is 7.47. The molecule has 0 atom stereocenters. The van der Waals surface area contributed by atoms with E-state index in [1.807, 2.05) is 0 Å². The smallest absolute Gasteiger partial charge is 0.410 e. The summed E-state index contributed by atoms with van der Waals surface area (Å²) in [4.78, 5) is 52.5. The van der Waals surface area contributed by atoms with E-state index in [9.17, 15) is 19.2 Å². The Morgan fingerprint density at radius 1 is 1.19 bits per heavy atom. The number of benzene rings is 1. The van der Waals surface area contributed by atoms with Crippen molar-refractivity contribution in [3.8, 4) is 0 Å². The largest absolute Gasteiger partial charge is 0.445 e. The Balaban J connectivity index is 1.57. The van der Waals surface area contributed by atoms with Gasteiger partial charge in [0.25, 0.3) is 17.7 Å². The van der Waals surface area contributed by atoms with Crippen LogP contribution in [0.25, 0.3) is 0 Å². The fraction of sp³-hybridized carbons (Fsp3) is 0.455. The molecular formula is C22H27N3O6. The number of nitrogens with zero attached hydrogens (tertiary/aromatic N) is 2. The molecule has 2 heterocycles. The molecule has 31 heavy (non-hydrogen) atoms. The number of carbonyl (C=O) groups excluding carboxylic acids is 4. The molecule has 166 valence electrons. The molecule has 9 nitrogen and oxygen atoms in total. The maximum atomic E-state index is 12.7.